The number of nitrogens with zero attached hydrogens (tertiary/aromatic N) is 5. The first kappa shape index (κ1) is 21.4. The normalized spacial score (nSPS) is 11.6. The van der Waals surface area contributed by atoms with Crippen molar-refractivity contribution in [3.8, 4) is 22.5 Å². The maximum Gasteiger partial charge on any atom is 0.335 e. The first-order chi connectivity index (χ1) is 15.3. The first-order valence-electron chi connectivity index (χ1n) is 10.6. The van der Waals surface area contributed by atoms with E-state index in [2.05, 4.69) is 20.6 Å². The van der Waals surface area contributed by atoms with Crippen LogP contribution >= 0.6 is 0 Å². The van der Waals surface area contributed by atoms with Gasteiger partial charge < -0.3 is 0 Å². The minimum absolute atomic E-state index is 0.201. The molecule has 0 unspecified atom stereocenters. The Labute approximate surface area is 185 Å². The average molecular weight is 431 g/mol. The van der Waals surface area contributed by atoms with Crippen molar-refractivity contribution < 1.29 is 4.79 Å². The molecule has 0 aliphatic carbocycles. The van der Waals surface area contributed by atoms with Crippen molar-refractivity contribution in [2.75, 3.05) is 0 Å². The van der Waals surface area contributed by atoms with Crippen molar-refractivity contribution in [3.05, 3.63) is 76.5 Å². The molecule has 0 bridgehead atoms. The largest absolute Gasteiger partial charge is 0.335 e. The molecule has 0 saturated carbocycles. The van der Waals surface area contributed by atoms with Crippen LogP contribution in [-0.4, -0.2) is 35.7 Å². The van der Waals surface area contributed by atoms with Gasteiger partial charge in [0.1, 0.15) is 0 Å². The summed E-state index contributed by atoms with van der Waals surface area (Å²) in [4.78, 5) is 25.2. The van der Waals surface area contributed by atoms with Gasteiger partial charge in [-0.3, -0.25) is 9.36 Å². The number of tetrazole rings is 1. The Hall–Kier alpha value is -3.81. The van der Waals surface area contributed by atoms with Crippen molar-refractivity contribution in [2.24, 2.45) is 0 Å². The molecule has 0 aliphatic rings. The average Bonchev–Trinajstić information content (AvgIpc) is 3.43. The Morgan fingerprint density at radius 2 is 1.72 bits per heavy atom. The van der Waals surface area contributed by atoms with Crippen LogP contribution in [0.1, 0.15) is 50.2 Å². The van der Waals surface area contributed by atoms with E-state index in [1.807, 2.05) is 69.3 Å². The SMILES string of the molecule is CCC(=O)n1cc(C(C)(C)C)n(Cc2ccc(-c3ccccc3-c3nnn[nH]3)cc2)c1=O. The number of imidazole rings is 1. The Morgan fingerprint density at radius 3 is 2.31 bits per heavy atom. The molecular weight excluding hydrogens is 404 g/mol. The summed E-state index contributed by atoms with van der Waals surface area (Å²) in [6.45, 7) is 8.27. The molecule has 0 spiro atoms. The van der Waals surface area contributed by atoms with Crippen molar-refractivity contribution in [1.82, 2.24) is 29.8 Å². The molecule has 4 aromatic rings. The van der Waals surface area contributed by atoms with Crippen LogP contribution in [0.5, 0.6) is 0 Å². The predicted molar refractivity (Wildman–Crippen MR) is 122 cm³/mol. The van der Waals surface area contributed by atoms with Crippen LogP contribution in [0.4, 0.5) is 0 Å². The van der Waals surface area contributed by atoms with Crippen LogP contribution in [0.2, 0.25) is 0 Å². The smallest absolute Gasteiger partial charge is 0.291 e. The lowest BCUT2D eigenvalue weighted by Gasteiger charge is -2.20. The van der Waals surface area contributed by atoms with Crippen LogP contribution in [-0.2, 0) is 12.0 Å². The second-order valence-electron chi connectivity index (χ2n) is 8.74. The molecule has 2 aromatic carbocycles. The highest BCUT2D eigenvalue weighted by Gasteiger charge is 2.24. The summed E-state index contributed by atoms with van der Waals surface area (Å²) in [5.74, 6) is 0.404. The molecule has 1 N–H and O–H groups in total. The lowest BCUT2D eigenvalue weighted by Crippen LogP contribution is -2.30. The van der Waals surface area contributed by atoms with Gasteiger partial charge >= 0.3 is 5.69 Å². The summed E-state index contributed by atoms with van der Waals surface area (Å²) in [6.07, 6.45) is 1.96. The third-order valence-corrected chi connectivity index (χ3v) is 5.45. The van der Waals surface area contributed by atoms with Gasteiger partial charge in [0.15, 0.2) is 5.82 Å². The maximum absolute atomic E-state index is 13.0. The molecule has 0 atom stereocenters. The van der Waals surface area contributed by atoms with Gasteiger partial charge in [-0.25, -0.2) is 14.5 Å². The van der Waals surface area contributed by atoms with E-state index < -0.39 is 0 Å². The Bertz CT molecular complexity index is 1290. The number of H-pyrrole nitrogens is 1. The second-order valence-corrected chi connectivity index (χ2v) is 8.74. The molecule has 2 heterocycles. The summed E-state index contributed by atoms with van der Waals surface area (Å²) in [5, 5.41) is 14.2. The Balaban J connectivity index is 1.69. The Morgan fingerprint density at radius 1 is 1.03 bits per heavy atom. The lowest BCUT2D eigenvalue weighted by atomic mass is 9.92. The minimum atomic E-state index is -0.297. The zero-order valence-electron chi connectivity index (χ0n) is 18.7. The second kappa shape index (κ2) is 8.37. The number of hydrogen-bond acceptors (Lipinski definition) is 5. The van der Waals surface area contributed by atoms with Gasteiger partial charge in [-0.15, -0.1) is 5.10 Å². The van der Waals surface area contributed by atoms with Crippen molar-refractivity contribution in [2.45, 2.75) is 46.1 Å². The molecule has 0 amide bonds. The molecule has 8 nitrogen and oxygen atoms in total. The Kier molecular flexibility index (Phi) is 5.61. The van der Waals surface area contributed by atoms with E-state index in [1.165, 1.54) is 4.57 Å². The number of hydrogen-bond donors (Lipinski definition) is 1. The lowest BCUT2D eigenvalue weighted by molar-refractivity contribution is 0.0904. The van der Waals surface area contributed by atoms with Gasteiger partial charge in [0.25, 0.3) is 0 Å². The van der Waals surface area contributed by atoms with Crippen molar-refractivity contribution in [1.29, 1.82) is 0 Å². The summed E-state index contributed by atoms with van der Waals surface area (Å²) < 4.78 is 2.92. The van der Waals surface area contributed by atoms with E-state index in [1.54, 1.807) is 17.7 Å². The van der Waals surface area contributed by atoms with Gasteiger partial charge in [-0.1, -0.05) is 76.2 Å². The summed E-state index contributed by atoms with van der Waals surface area (Å²) in [6, 6.07) is 15.9. The van der Waals surface area contributed by atoms with Crippen LogP contribution in [0.3, 0.4) is 0 Å². The first-order valence-corrected chi connectivity index (χ1v) is 10.6. The maximum atomic E-state index is 13.0. The fourth-order valence-corrected chi connectivity index (χ4v) is 3.77. The van der Waals surface area contributed by atoms with Crippen LogP contribution in [0.25, 0.3) is 22.5 Å². The monoisotopic (exact) mass is 430 g/mol. The van der Waals surface area contributed by atoms with E-state index in [0.717, 1.165) is 27.9 Å². The minimum Gasteiger partial charge on any atom is -0.291 e. The number of nitrogens with one attached hydrogen (secondary N) is 1. The van der Waals surface area contributed by atoms with Crippen LogP contribution in [0, 0.1) is 0 Å². The molecule has 32 heavy (non-hydrogen) atoms. The van der Waals surface area contributed by atoms with Gasteiger partial charge in [0.05, 0.1) is 6.54 Å². The van der Waals surface area contributed by atoms with Crippen molar-refractivity contribution >= 4 is 5.91 Å². The van der Waals surface area contributed by atoms with Gasteiger partial charge in [-0.2, -0.15) is 0 Å². The topological polar surface area (TPSA) is 98.5 Å². The van der Waals surface area contributed by atoms with Crippen molar-refractivity contribution in [3.63, 3.8) is 0 Å². The quantitative estimate of drug-likeness (QED) is 0.518. The standard InChI is InChI=1S/C24H26N6O2/c1-5-21(31)30-15-20(24(2,3)4)29(23(30)32)14-16-10-12-17(13-11-16)18-8-6-7-9-19(18)22-25-27-28-26-22/h6-13,15H,5,14H2,1-4H3,(H,25,26,27,28). The number of benzene rings is 2. The zero-order chi connectivity index (χ0) is 22.9. The van der Waals surface area contributed by atoms with E-state index in [9.17, 15) is 9.59 Å². The molecular formula is C24H26N6O2. The number of carbonyl (C=O) groups is 1. The molecule has 8 heteroatoms. The number of aromatic amines is 1. The highest BCUT2D eigenvalue weighted by atomic mass is 16.2. The van der Waals surface area contributed by atoms with Gasteiger partial charge in [0.2, 0.25) is 5.91 Å². The predicted octanol–water partition coefficient (Wildman–Crippen LogP) is 3.89. The molecule has 0 radical (unpaired) electrons. The van der Waals surface area contributed by atoms with Crippen LogP contribution in [0.15, 0.2) is 59.5 Å². The number of carbonyl (C=O) groups excluding carboxylic acids is 1. The third kappa shape index (κ3) is 4.03. The molecule has 0 fully saturated rings. The fraction of sp³-hybridized carbons (Fsp3) is 0.292. The van der Waals surface area contributed by atoms with Gasteiger partial charge in [0, 0.05) is 29.3 Å². The molecule has 4 rings (SSSR count). The summed E-state index contributed by atoms with van der Waals surface area (Å²) >= 11 is 0. The van der Waals surface area contributed by atoms with E-state index in [0.29, 0.717) is 12.4 Å². The fourth-order valence-electron chi connectivity index (χ4n) is 3.77. The number of rotatable bonds is 5. The molecule has 0 aliphatic heterocycles. The van der Waals surface area contributed by atoms with E-state index in [4.69, 9.17) is 0 Å². The highest BCUT2D eigenvalue weighted by molar-refractivity contribution is 5.80. The summed E-state index contributed by atoms with van der Waals surface area (Å²) in [7, 11) is 0. The third-order valence-electron chi connectivity index (χ3n) is 5.45. The van der Waals surface area contributed by atoms with Crippen LogP contribution < -0.4 is 5.69 Å². The van der Waals surface area contributed by atoms with Gasteiger partial charge in [-0.05, 0) is 27.1 Å². The van der Waals surface area contributed by atoms with E-state index in [-0.39, 0.29) is 23.4 Å². The zero-order valence-corrected chi connectivity index (χ0v) is 18.7. The van der Waals surface area contributed by atoms with E-state index >= 15 is 0 Å². The highest BCUT2D eigenvalue weighted by Crippen LogP contribution is 2.30. The molecule has 164 valence electrons. The molecule has 0 saturated heterocycles. The summed E-state index contributed by atoms with van der Waals surface area (Å²) in [5.41, 5.74) is 4.16. The number of aromatic nitrogens is 6. The molecule has 2 aromatic heterocycles.